The zero-order valence-corrected chi connectivity index (χ0v) is 12.0. The van der Waals surface area contributed by atoms with Crippen LogP contribution >= 0.6 is 0 Å². The number of likely N-dealkylation sites (tertiary alicyclic amines) is 1. The molecule has 1 saturated heterocycles. The van der Waals surface area contributed by atoms with Crippen LogP contribution in [-0.2, 0) is 4.79 Å². The number of nitrogens with zero attached hydrogens (tertiary/aromatic N) is 1. The van der Waals surface area contributed by atoms with Crippen LogP contribution in [-0.4, -0.2) is 41.6 Å². The van der Waals surface area contributed by atoms with E-state index in [4.69, 9.17) is 4.74 Å². The van der Waals surface area contributed by atoms with Gasteiger partial charge in [0.05, 0.1) is 12.7 Å². The molecule has 2 atom stereocenters. The molecule has 6 heteroatoms. The van der Waals surface area contributed by atoms with Crippen molar-refractivity contribution < 1.29 is 23.8 Å². The van der Waals surface area contributed by atoms with E-state index in [1.54, 1.807) is 6.92 Å². The van der Waals surface area contributed by atoms with Gasteiger partial charge in [0.2, 0.25) is 0 Å². The first-order valence-electron chi connectivity index (χ1n) is 6.83. The molecule has 0 bridgehead atoms. The van der Waals surface area contributed by atoms with Crippen LogP contribution in [0.5, 0.6) is 5.75 Å². The van der Waals surface area contributed by atoms with Crippen LogP contribution in [0.4, 0.5) is 4.39 Å². The monoisotopic (exact) mass is 295 g/mol. The Hall–Kier alpha value is -2.11. The van der Waals surface area contributed by atoms with Crippen LogP contribution in [0.2, 0.25) is 0 Å². The third-order valence-corrected chi connectivity index (χ3v) is 3.85. The number of carbonyl (C=O) groups is 2. The molecule has 1 aliphatic rings. The summed E-state index contributed by atoms with van der Waals surface area (Å²) in [7, 11) is 1.41. The predicted octanol–water partition coefficient (Wildman–Crippen LogP) is 2.16. The molecule has 0 aromatic heterocycles. The lowest BCUT2D eigenvalue weighted by Gasteiger charge is -2.37. The maximum atomic E-state index is 14.0. The van der Waals surface area contributed by atoms with Gasteiger partial charge < -0.3 is 14.7 Å². The lowest BCUT2D eigenvalue weighted by molar-refractivity contribution is -0.145. The minimum absolute atomic E-state index is 0.129. The number of carboxylic acid groups (broad SMARTS) is 1. The topological polar surface area (TPSA) is 66.8 Å². The SMILES string of the molecule is COc1ccc(C(=O)N2CCCC(C)C2C(=O)O)c(F)c1. The van der Waals surface area contributed by atoms with Crippen molar-refractivity contribution in [3.63, 3.8) is 0 Å². The first-order valence-corrected chi connectivity index (χ1v) is 6.83. The van der Waals surface area contributed by atoms with Gasteiger partial charge in [0.25, 0.3) is 5.91 Å². The summed E-state index contributed by atoms with van der Waals surface area (Å²) in [5.74, 6) is -2.19. The Morgan fingerprint density at radius 1 is 1.43 bits per heavy atom. The summed E-state index contributed by atoms with van der Waals surface area (Å²) in [4.78, 5) is 25.1. The molecule has 5 nitrogen and oxygen atoms in total. The number of carboxylic acids is 1. The third kappa shape index (κ3) is 2.99. The van der Waals surface area contributed by atoms with Crippen LogP contribution in [0, 0.1) is 11.7 Å². The molecular formula is C15H18FNO4. The highest BCUT2D eigenvalue weighted by Gasteiger charge is 2.38. The number of aliphatic carboxylic acids is 1. The summed E-state index contributed by atoms with van der Waals surface area (Å²) in [5.41, 5.74) is -0.129. The largest absolute Gasteiger partial charge is 0.497 e. The fraction of sp³-hybridized carbons (Fsp3) is 0.467. The van der Waals surface area contributed by atoms with Crippen LogP contribution in [0.3, 0.4) is 0 Å². The highest BCUT2D eigenvalue weighted by Crippen LogP contribution is 2.26. The number of rotatable bonds is 3. The van der Waals surface area contributed by atoms with Crippen molar-refractivity contribution >= 4 is 11.9 Å². The van der Waals surface area contributed by atoms with Crippen molar-refractivity contribution in [2.45, 2.75) is 25.8 Å². The van der Waals surface area contributed by atoms with E-state index in [2.05, 4.69) is 0 Å². The number of carbonyl (C=O) groups excluding carboxylic acids is 1. The Morgan fingerprint density at radius 3 is 2.71 bits per heavy atom. The van der Waals surface area contributed by atoms with Gasteiger partial charge in [-0.2, -0.15) is 0 Å². The molecule has 1 fully saturated rings. The van der Waals surface area contributed by atoms with Gasteiger partial charge in [-0.1, -0.05) is 6.92 Å². The number of halogens is 1. The summed E-state index contributed by atoms with van der Waals surface area (Å²) in [5, 5.41) is 9.32. The molecule has 2 unspecified atom stereocenters. The second-order valence-electron chi connectivity index (χ2n) is 5.25. The first-order chi connectivity index (χ1) is 9.95. The molecule has 114 valence electrons. The maximum Gasteiger partial charge on any atom is 0.326 e. The molecule has 21 heavy (non-hydrogen) atoms. The molecule has 1 N–H and O–H groups in total. The molecule has 1 aromatic carbocycles. The molecule has 1 aliphatic heterocycles. The van der Waals surface area contributed by atoms with E-state index in [0.29, 0.717) is 18.7 Å². The molecule has 0 radical (unpaired) electrons. The van der Waals surface area contributed by atoms with Crippen LogP contribution < -0.4 is 4.74 Å². The molecule has 1 heterocycles. The zero-order valence-electron chi connectivity index (χ0n) is 12.0. The van der Waals surface area contributed by atoms with Crippen molar-refractivity contribution in [2.75, 3.05) is 13.7 Å². The highest BCUT2D eigenvalue weighted by atomic mass is 19.1. The standard InChI is InChI=1S/C15H18FNO4/c1-9-4-3-7-17(13(9)15(19)20)14(18)11-6-5-10(21-2)8-12(11)16/h5-6,8-9,13H,3-4,7H2,1-2H3,(H,19,20). The Bertz CT molecular complexity index is 561. The number of ether oxygens (including phenoxy) is 1. The summed E-state index contributed by atoms with van der Waals surface area (Å²) >= 11 is 0. The lowest BCUT2D eigenvalue weighted by Crippen LogP contribution is -2.52. The van der Waals surface area contributed by atoms with Crippen molar-refractivity contribution in [3.8, 4) is 5.75 Å². The Kier molecular flexibility index (Phi) is 4.45. The Balaban J connectivity index is 2.31. The van der Waals surface area contributed by atoms with E-state index in [1.165, 1.54) is 24.1 Å². The van der Waals surface area contributed by atoms with E-state index in [1.807, 2.05) is 0 Å². The fourth-order valence-electron chi connectivity index (χ4n) is 2.74. The number of amides is 1. The predicted molar refractivity (Wildman–Crippen MR) is 73.8 cm³/mol. The minimum atomic E-state index is -1.05. The van der Waals surface area contributed by atoms with Gasteiger partial charge in [-0.25, -0.2) is 9.18 Å². The van der Waals surface area contributed by atoms with Gasteiger partial charge in [0, 0.05) is 12.6 Å². The van der Waals surface area contributed by atoms with E-state index in [0.717, 1.165) is 12.5 Å². The first kappa shape index (κ1) is 15.3. The number of benzene rings is 1. The molecule has 0 aliphatic carbocycles. The van der Waals surface area contributed by atoms with E-state index in [-0.39, 0.29) is 11.5 Å². The van der Waals surface area contributed by atoms with Crippen molar-refractivity contribution in [1.29, 1.82) is 0 Å². The van der Waals surface area contributed by atoms with Crippen LogP contribution in [0.15, 0.2) is 18.2 Å². The van der Waals surface area contributed by atoms with E-state index < -0.39 is 23.7 Å². The van der Waals surface area contributed by atoms with E-state index >= 15 is 0 Å². The summed E-state index contributed by atoms with van der Waals surface area (Å²) in [6.07, 6.45) is 1.46. The Labute approximate surface area is 122 Å². The lowest BCUT2D eigenvalue weighted by atomic mass is 9.90. The summed E-state index contributed by atoms with van der Waals surface area (Å²) < 4.78 is 18.9. The second kappa shape index (κ2) is 6.11. The van der Waals surface area contributed by atoms with Gasteiger partial charge in [-0.05, 0) is 30.9 Å². The zero-order chi connectivity index (χ0) is 15.6. The fourth-order valence-corrected chi connectivity index (χ4v) is 2.74. The molecule has 1 aromatic rings. The van der Waals surface area contributed by atoms with E-state index in [9.17, 15) is 19.1 Å². The molecule has 0 spiro atoms. The average Bonchev–Trinajstić information content (AvgIpc) is 2.45. The summed E-state index contributed by atoms with van der Waals surface area (Å²) in [6, 6.07) is 3.03. The molecular weight excluding hydrogens is 277 g/mol. The van der Waals surface area contributed by atoms with Gasteiger partial charge >= 0.3 is 5.97 Å². The molecule has 2 rings (SSSR count). The van der Waals surface area contributed by atoms with Crippen molar-refractivity contribution in [1.82, 2.24) is 4.90 Å². The Morgan fingerprint density at radius 2 is 2.14 bits per heavy atom. The average molecular weight is 295 g/mol. The quantitative estimate of drug-likeness (QED) is 0.928. The smallest absolute Gasteiger partial charge is 0.326 e. The molecule has 1 amide bonds. The van der Waals surface area contributed by atoms with Crippen LogP contribution in [0.25, 0.3) is 0 Å². The van der Waals surface area contributed by atoms with Gasteiger partial charge in [0.15, 0.2) is 0 Å². The molecule has 0 saturated carbocycles. The summed E-state index contributed by atoms with van der Waals surface area (Å²) in [6.45, 7) is 2.12. The van der Waals surface area contributed by atoms with Gasteiger partial charge in [0.1, 0.15) is 17.6 Å². The van der Waals surface area contributed by atoms with Crippen LogP contribution in [0.1, 0.15) is 30.1 Å². The number of hydrogen-bond donors (Lipinski definition) is 1. The van der Waals surface area contributed by atoms with Gasteiger partial charge in [-0.3, -0.25) is 4.79 Å². The second-order valence-corrected chi connectivity index (χ2v) is 5.25. The number of hydrogen-bond acceptors (Lipinski definition) is 3. The minimum Gasteiger partial charge on any atom is -0.497 e. The van der Waals surface area contributed by atoms with Crippen molar-refractivity contribution in [3.05, 3.63) is 29.6 Å². The maximum absolute atomic E-state index is 14.0. The van der Waals surface area contributed by atoms with Gasteiger partial charge in [-0.15, -0.1) is 0 Å². The van der Waals surface area contributed by atoms with Crippen molar-refractivity contribution in [2.24, 2.45) is 5.92 Å². The highest BCUT2D eigenvalue weighted by molar-refractivity contribution is 5.97. The number of piperidine rings is 1. The third-order valence-electron chi connectivity index (χ3n) is 3.85. The normalized spacial score (nSPS) is 22.0. The number of methoxy groups -OCH3 is 1.